The summed E-state index contributed by atoms with van der Waals surface area (Å²) in [7, 11) is 0. The maximum Gasteiger partial charge on any atom is 0.139 e. The van der Waals surface area contributed by atoms with Crippen molar-refractivity contribution in [1.82, 2.24) is 4.90 Å². The SMILES string of the molecule is CCN(Cc1ccccc1)C1CCC2(CCC2=O)CC1. The summed E-state index contributed by atoms with van der Waals surface area (Å²) >= 11 is 0. The highest BCUT2D eigenvalue weighted by atomic mass is 16.1. The third kappa shape index (κ3) is 2.54. The molecule has 0 radical (unpaired) electrons. The number of hydrogen-bond donors (Lipinski definition) is 0. The Kier molecular flexibility index (Phi) is 3.93. The van der Waals surface area contributed by atoms with Gasteiger partial charge < -0.3 is 0 Å². The van der Waals surface area contributed by atoms with Gasteiger partial charge in [0.2, 0.25) is 0 Å². The minimum absolute atomic E-state index is 0.114. The van der Waals surface area contributed by atoms with Gasteiger partial charge in [0.05, 0.1) is 0 Å². The van der Waals surface area contributed by atoms with Gasteiger partial charge in [0.25, 0.3) is 0 Å². The molecule has 2 aliphatic carbocycles. The molecule has 1 aromatic rings. The number of Topliss-reactive ketones (excluding diaryl/α,β-unsaturated/α-hetero) is 1. The van der Waals surface area contributed by atoms with Crippen molar-refractivity contribution in [3.8, 4) is 0 Å². The van der Waals surface area contributed by atoms with Crippen LogP contribution < -0.4 is 0 Å². The predicted molar refractivity (Wildman–Crippen MR) is 81.5 cm³/mol. The summed E-state index contributed by atoms with van der Waals surface area (Å²) in [5, 5.41) is 0. The van der Waals surface area contributed by atoms with Crippen LogP contribution in [0.4, 0.5) is 0 Å². The van der Waals surface area contributed by atoms with Crippen LogP contribution in [0.3, 0.4) is 0 Å². The normalized spacial score (nSPS) is 29.7. The zero-order valence-electron chi connectivity index (χ0n) is 12.5. The van der Waals surface area contributed by atoms with E-state index in [4.69, 9.17) is 0 Å². The fourth-order valence-corrected chi connectivity index (χ4v) is 3.95. The molecule has 0 heterocycles. The smallest absolute Gasteiger partial charge is 0.139 e. The Morgan fingerprint density at radius 2 is 1.85 bits per heavy atom. The maximum absolute atomic E-state index is 11.8. The Balaban J connectivity index is 1.59. The first-order valence-electron chi connectivity index (χ1n) is 8.05. The van der Waals surface area contributed by atoms with Gasteiger partial charge in [-0.1, -0.05) is 37.3 Å². The van der Waals surface area contributed by atoms with Crippen molar-refractivity contribution in [2.45, 2.75) is 58.0 Å². The molecule has 0 saturated heterocycles. The van der Waals surface area contributed by atoms with E-state index in [1.54, 1.807) is 0 Å². The average molecular weight is 271 g/mol. The van der Waals surface area contributed by atoms with Crippen LogP contribution in [-0.4, -0.2) is 23.3 Å². The Hall–Kier alpha value is -1.15. The van der Waals surface area contributed by atoms with Crippen LogP contribution in [0.5, 0.6) is 0 Å². The lowest BCUT2D eigenvalue weighted by Gasteiger charge is -2.47. The van der Waals surface area contributed by atoms with Gasteiger partial charge >= 0.3 is 0 Å². The summed E-state index contributed by atoms with van der Waals surface area (Å²) < 4.78 is 0. The molecule has 2 saturated carbocycles. The Bertz CT molecular complexity index is 460. The molecule has 1 aromatic carbocycles. The van der Waals surface area contributed by atoms with Gasteiger partial charge in [0.15, 0.2) is 0 Å². The monoisotopic (exact) mass is 271 g/mol. The maximum atomic E-state index is 11.8. The van der Waals surface area contributed by atoms with Crippen LogP contribution in [0.25, 0.3) is 0 Å². The van der Waals surface area contributed by atoms with Crippen LogP contribution in [0.1, 0.15) is 51.0 Å². The number of ketones is 1. The number of nitrogens with zero attached hydrogens (tertiary/aromatic N) is 1. The highest BCUT2D eigenvalue weighted by Crippen LogP contribution is 2.49. The van der Waals surface area contributed by atoms with Crippen molar-refractivity contribution < 1.29 is 4.79 Å². The van der Waals surface area contributed by atoms with Crippen molar-refractivity contribution in [2.75, 3.05) is 6.54 Å². The number of carbonyl (C=O) groups is 1. The summed E-state index contributed by atoms with van der Waals surface area (Å²) in [5.41, 5.74) is 1.51. The highest BCUT2D eigenvalue weighted by Gasteiger charge is 2.47. The second-order valence-electron chi connectivity index (χ2n) is 6.48. The molecule has 0 unspecified atom stereocenters. The van der Waals surface area contributed by atoms with Crippen molar-refractivity contribution >= 4 is 5.78 Å². The van der Waals surface area contributed by atoms with E-state index < -0.39 is 0 Å². The minimum Gasteiger partial charge on any atom is -0.299 e. The molecule has 0 bridgehead atoms. The molecule has 20 heavy (non-hydrogen) atoms. The molecule has 1 spiro atoms. The van der Waals surface area contributed by atoms with E-state index in [-0.39, 0.29) is 5.41 Å². The van der Waals surface area contributed by atoms with E-state index in [0.717, 1.165) is 38.8 Å². The van der Waals surface area contributed by atoms with Crippen molar-refractivity contribution in [3.63, 3.8) is 0 Å². The number of rotatable bonds is 4. The predicted octanol–water partition coefficient (Wildman–Crippen LogP) is 3.80. The second-order valence-corrected chi connectivity index (χ2v) is 6.48. The lowest BCUT2D eigenvalue weighted by molar-refractivity contribution is -0.141. The largest absolute Gasteiger partial charge is 0.299 e. The van der Waals surface area contributed by atoms with Crippen LogP contribution in [0.2, 0.25) is 0 Å². The average Bonchev–Trinajstić information content (AvgIpc) is 2.52. The van der Waals surface area contributed by atoms with Crippen molar-refractivity contribution in [3.05, 3.63) is 35.9 Å². The third-order valence-corrected chi connectivity index (χ3v) is 5.49. The van der Waals surface area contributed by atoms with Gasteiger partial charge in [-0.15, -0.1) is 0 Å². The fourth-order valence-electron chi connectivity index (χ4n) is 3.95. The van der Waals surface area contributed by atoms with Gasteiger partial charge in [0, 0.05) is 24.4 Å². The molecule has 2 aliphatic rings. The minimum atomic E-state index is 0.114. The summed E-state index contributed by atoms with van der Waals surface area (Å²) in [6, 6.07) is 11.4. The first kappa shape index (κ1) is 13.8. The zero-order valence-corrected chi connectivity index (χ0v) is 12.5. The highest BCUT2D eigenvalue weighted by molar-refractivity contribution is 5.90. The molecule has 2 nitrogen and oxygen atoms in total. The van der Waals surface area contributed by atoms with Gasteiger partial charge in [-0.05, 0) is 44.2 Å². The first-order valence-corrected chi connectivity index (χ1v) is 8.05. The van der Waals surface area contributed by atoms with E-state index >= 15 is 0 Å². The Morgan fingerprint density at radius 3 is 2.35 bits per heavy atom. The summed E-state index contributed by atoms with van der Waals surface area (Å²) in [6.07, 6.45) is 6.65. The van der Waals surface area contributed by atoms with Gasteiger partial charge in [-0.3, -0.25) is 9.69 Å². The number of benzene rings is 1. The quantitative estimate of drug-likeness (QED) is 0.830. The molecule has 108 valence electrons. The molecule has 3 rings (SSSR count). The third-order valence-electron chi connectivity index (χ3n) is 5.49. The molecular formula is C18H25NO. The van der Waals surface area contributed by atoms with Gasteiger partial charge in [-0.2, -0.15) is 0 Å². The Morgan fingerprint density at radius 1 is 1.15 bits per heavy atom. The van der Waals surface area contributed by atoms with E-state index in [0.29, 0.717) is 11.8 Å². The van der Waals surface area contributed by atoms with Gasteiger partial charge in [0.1, 0.15) is 5.78 Å². The van der Waals surface area contributed by atoms with Crippen LogP contribution in [-0.2, 0) is 11.3 Å². The first-order chi connectivity index (χ1) is 9.73. The summed E-state index contributed by atoms with van der Waals surface area (Å²) in [5.74, 6) is 0.544. The topological polar surface area (TPSA) is 20.3 Å². The molecule has 0 aromatic heterocycles. The van der Waals surface area contributed by atoms with E-state index in [1.165, 1.54) is 18.4 Å². The number of hydrogen-bond acceptors (Lipinski definition) is 2. The molecule has 0 N–H and O–H groups in total. The zero-order chi connectivity index (χ0) is 14.0. The molecule has 0 amide bonds. The standard InChI is InChI=1S/C18H25NO/c1-2-19(14-15-6-4-3-5-7-15)16-8-11-18(12-9-16)13-10-17(18)20/h3-7,16H,2,8-14H2,1H3. The molecule has 0 aliphatic heterocycles. The molecular weight excluding hydrogens is 246 g/mol. The van der Waals surface area contributed by atoms with E-state index in [2.05, 4.69) is 42.2 Å². The molecule has 2 heteroatoms. The van der Waals surface area contributed by atoms with E-state index in [9.17, 15) is 4.79 Å². The number of carbonyl (C=O) groups excluding carboxylic acids is 1. The second kappa shape index (κ2) is 5.69. The molecule has 2 fully saturated rings. The van der Waals surface area contributed by atoms with Crippen LogP contribution in [0.15, 0.2) is 30.3 Å². The molecule has 0 atom stereocenters. The Labute approximate surface area is 122 Å². The van der Waals surface area contributed by atoms with Gasteiger partial charge in [-0.25, -0.2) is 0 Å². The van der Waals surface area contributed by atoms with Crippen LogP contribution >= 0.6 is 0 Å². The fraction of sp³-hybridized carbons (Fsp3) is 0.611. The summed E-state index contributed by atoms with van der Waals surface area (Å²) in [4.78, 5) is 14.4. The summed E-state index contributed by atoms with van der Waals surface area (Å²) in [6.45, 7) is 4.39. The lowest BCUT2D eigenvalue weighted by Crippen LogP contribution is -2.47. The van der Waals surface area contributed by atoms with E-state index in [1.807, 2.05) is 0 Å². The van der Waals surface area contributed by atoms with Crippen molar-refractivity contribution in [2.24, 2.45) is 5.41 Å². The lowest BCUT2D eigenvalue weighted by atomic mass is 9.59. The van der Waals surface area contributed by atoms with Crippen molar-refractivity contribution in [1.29, 1.82) is 0 Å². The van der Waals surface area contributed by atoms with Crippen LogP contribution in [0, 0.1) is 5.41 Å².